The Morgan fingerprint density at radius 1 is 1.16 bits per heavy atom. The average Bonchev–Trinajstić information content (AvgIpc) is 3.19. The molecule has 3 rings (SSSR count). The molecule has 0 saturated carbocycles. The van der Waals surface area contributed by atoms with Gasteiger partial charge >= 0.3 is 6.61 Å². The summed E-state index contributed by atoms with van der Waals surface area (Å²) in [6.45, 7) is -0.551. The number of aliphatic imine (C=N–C) groups is 1. The number of nitrogens with zero attached hydrogens (tertiary/aromatic N) is 3. The van der Waals surface area contributed by atoms with Gasteiger partial charge < -0.3 is 19.9 Å². The van der Waals surface area contributed by atoms with E-state index in [0.29, 0.717) is 28.3 Å². The van der Waals surface area contributed by atoms with Crippen LogP contribution in [0, 0.1) is 6.92 Å². The van der Waals surface area contributed by atoms with Crippen LogP contribution in [0.25, 0.3) is 11.4 Å². The topological polar surface area (TPSA) is 84.6 Å². The third-order valence-electron chi connectivity index (χ3n) is 4.08. The van der Waals surface area contributed by atoms with Crippen molar-refractivity contribution in [3.8, 4) is 17.1 Å². The molecule has 0 atom stereocenters. The molecule has 166 valence electrons. The van der Waals surface area contributed by atoms with Crippen LogP contribution in [-0.2, 0) is 13.1 Å². The first kappa shape index (κ1) is 24.8. The minimum absolute atomic E-state index is 0. The first-order valence-electron chi connectivity index (χ1n) is 9.02. The van der Waals surface area contributed by atoms with E-state index in [0.717, 1.165) is 11.1 Å². The number of hydrogen-bond donors (Lipinski definition) is 2. The standard InChI is InChI=1S/C20H20ClF2N5O2.HI/c1-12-3-8-16(29-19(22)23)14(9-12)10-25-20(24-2)26-11-17-27-18(28-30-17)13-4-6-15(21)7-5-13;/h3-9,19H,10-11H2,1-2H3,(H2,24,25,26);1H. The van der Waals surface area contributed by atoms with Crippen molar-refractivity contribution in [2.24, 2.45) is 4.99 Å². The third-order valence-corrected chi connectivity index (χ3v) is 4.33. The van der Waals surface area contributed by atoms with Gasteiger partial charge in [0.15, 0.2) is 5.96 Å². The van der Waals surface area contributed by atoms with Crippen LogP contribution in [0.2, 0.25) is 5.02 Å². The Kier molecular flexibility index (Phi) is 9.44. The molecule has 0 amide bonds. The van der Waals surface area contributed by atoms with Crippen LogP contribution in [0.3, 0.4) is 0 Å². The van der Waals surface area contributed by atoms with E-state index in [1.807, 2.05) is 6.92 Å². The first-order chi connectivity index (χ1) is 14.4. The van der Waals surface area contributed by atoms with Crippen LogP contribution in [0.15, 0.2) is 52.0 Å². The molecule has 0 unspecified atom stereocenters. The summed E-state index contributed by atoms with van der Waals surface area (Å²) in [6.07, 6.45) is 0. The maximum absolute atomic E-state index is 12.6. The lowest BCUT2D eigenvalue weighted by molar-refractivity contribution is -0.0504. The summed E-state index contributed by atoms with van der Waals surface area (Å²) in [4.78, 5) is 8.43. The molecule has 0 aliphatic heterocycles. The molecule has 2 aromatic carbocycles. The van der Waals surface area contributed by atoms with Crippen molar-refractivity contribution >= 4 is 41.5 Å². The van der Waals surface area contributed by atoms with E-state index in [4.69, 9.17) is 16.1 Å². The Morgan fingerprint density at radius 2 is 1.87 bits per heavy atom. The normalized spacial score (nSPS) is 11.2. The largest absolute Gasteiger partial charge is 0.434 e. The number of halogens is 4. The van der Waals surface area contributed by atoms with E-state index in [9.17, 15) is 8.78 Å². The van der Waals surface area contributed by atoms with Crippen molar-refractivity contribution in [2.45, 2.75) is 26.6 Å². The van der Waals surface area contributed by atoms with Gasteiger partial charge in [-0.15, -0.1) is 24.0 Å². The summed E-state index contributed by atoms with van der Waals surface area (Å²) < 4.78 is 35.0. The van der Waals surface area contributed by atoms with Gasteiger partial charge in [-0.1, -0.05) is 34.5 Å². The van der Waals surface area contributed by atoms with Gasteiger partial charge in [0.2, 0.25) is 11.7 Å². The van der Waals surface area contributed by atoms with Gasteiger partial charge in [0, 0.05) is 29.7 Å². The zero-order valence-electron chi connectivity index (χ0n) is 16.7. The van der Waals surface area contributed by atoms with E-state index >= 15 is 0 Å². The fourth-order valence-corrected chi connectivity index (χ4v) is 2.79. The van der Waals surface area contributed by atoms with Crippen molar-refractivity contribution in [3.63, 3.8) is 0 Å². The summed E-state index contributed by atoms with van der Waals surface area (Å²) in [5.74, 6) is 1.36. The first-order valence-corrected chi connectivity index (χ1v) is 9.40. The van der Waals surface area contributed by atoms with Crippen LogP contribution >= 0.6 is 35.6 Å². The number of benzene rings is 2. The Morgan fingerprint density at radius 3 is 2.55 bits per heavy atom. The summed E-state index contributed by atoms with van der Waals surface area (Å²) in [5, 5.41) is 10.7. The molecule has 0 aliphatic rings. The van der Waals surface area contributed by atoms with E-state index in [2.05, 4.69) is 30.5 Å². The maximum atomic E-state index is 12.6. The minimum atomic E-state index is -2.89. The molecule has 1 heterocycles. The summed E-state index contributed by atoms with van der Waals surface area (Å²) >= 11 is 5.88. The Hall–Kier alpha value is -2.47. The monoisotopic (exact) mass is 563 g/mol. The van der Waals surface area contributed by atoms with Crippen LogP contribution in [0.5, 0.6) is 5.75 Å². The van der Waals surface area contributed by atoms with Crippen molar-refractivity contribution < 1.29 is 18.0 Å². The van der Waals surface area contributed by atoms with Gasteiger partial charge in [-0.05, 0) is 37.3 Å². The predicted octanol–water partition coefficient (Wildman–Crippen LogP) is 4.78. The number of hydrogen-bond acceptors (Lipinski definition) is 5. The minimum Gasteiger partial charge on any atom is -0.434 e. The number of alkyl halides is 2. The zero-order valence-corrected chi connectivity index (χ0v) is 19.8. The molecule has 0 radical (unpaired) electrons. The van der Waals surface area contributed by atoms with Crippen molar-refractivity contribution in [3.05, 3.63) is 64.5 Å². The van der Waals surface area contributed by atoms with Crippen LogP contribution < -0.4 is 15.4 Å². The molecule has 7 nitrogen and oxygen atoms in total. The number of aromatic nitrogens is 2. The molecular weight excluding hydrogens is 543 g/mol. The second-order valence-electron chi connectivity index (χ2n) is 6.29. The molecule has 3 aromatic rings. The van der Waals surface area contributed by atoms with E-state index in [-0.39, 0.29) is 42.8 Å². The fraction of sp³-hybridized carbons (Fsp3) is 0.250. The summed E-state index contributed by atoms with van der Waals surface area (Å²) in [5.41, 5.74) is 2.29. The van der Waals surface area contributed by atoms with Gasteiger partial charge in [0.05, 0.1) is 6.54 Å². The second-order valence-corrected chi connectivity index (χ2v) is 6.72. The van der Waals surface area contributed by atoms with Crippen molar-refractivity contribution in [2.75, 3.05) is 7.05 Å². The SMILES string of the molecule is CN=C(NCc1nc(-c2ccc(Cl)cc2)no1)NCc1cc(C)ccc1OC(F)F.I. The molecule has 11 heteroatoms. The van der Waals surface area contributed by atoms with Crippen LogP contribution in [-0.4, -0.2) is 29.8 Å². The Balaban J connectivity index is 0.00000341. The molecular formula is C20H21ClF2IN5O2. The molecule has 31 heavy (non-hydrogen) atoms. The summed E-state index contributed by atoms with van der Waals surface area (Å²) in [6, 6.07) is 12.1. The highest BCUT2D eigenvalue weighted by Crippen LogP contribution is 2.22. The lowest BCUT2D eigenvalue weighted by Gasteiger charge is -2.14. The van der Waals surface area contributed by atoms with Crippen LogP contribution in [0.1, 0.15) is 17.0 Å². The lowest BCUT2D eigenvalue weighted by atomic mass is 10.1. The summed E-state index contributed by atoms with van der Waals surface area (Å²) in [7, 11) is 1.59. The Labute approximate surface area is 200 Å². The van der Waals surface area contributed by atoms with Crippen LogP contribution in [0.4, 0.5) is 8.78 Å². The molecule has 0 saturated heterocycles. The number of ether oxygens (including phenoxy) is 1. The molecule has 2 N–H and O–H groups in total. The molecule has 0 spiro atoms. The van der Waals surface area contributed by atoms with Gasteiger partial charge in [-0.2, -0.15) is 13.8 Å². The highest BCUT2D eigenvalue weighted by atomic mass is 127. The smallest absolute Gasteiger partial charge is 0.387 e. The quantitative estimate of drug-likeness (QED) is 0.245. The maximum Gasteiger partial charge on any atom is 0.387 e. The molecule has 1 aromatic heterocycles. The van der Waals surface area contributed by atoms with E-state index in [1.165, 1.54) is 6.07 Å². The zero-order chi connectivity index (χ0) is 21.5. The highest BCUT2D eigenvalue weighted by molar-refractivity contribution is 14.0. The van der Waals surface area contributed by atoms with Crippen molar-refractivity contribution in [1.29, 1.82) is 0 Å². The number of aryl methyl sites for hydroxylation is 1. The molecule has 0 aliphatic carbocycles. The van der Waals surface area contributed by atoms with Gasteiger partial charge in [-0.25, -0.2) is 0 Å². The van der Waals surface area contributed by atoms with Gasteiger partial charge in [0.25, 0.3) is 0 Å². The van der Waals surface area contributed by atoms with Gasteiger partial charge in [0.1, 0.15) is 5.75 Å². The predicted molar refractivity (Wildman–Crippen MR) is 125 cm³/mol. The number of nitrogens with one attached hydrogen (secondary N) is 2. The van der Waals surface area contributed by atoms with Gasteiger partial charge in [-0.3, -0.25) is 4.99 Å². The number of rotatable bonds is 7. The van der Waals surface area contributed by atoms with E-state index < -0.39 is 6.61 Å². The number of guanidine groups is 1. The van der Waals surface area contributed by atoms with E-state index in [1.54, 1.807) is 43.4 Å². The second kappa shape index (κ2) is 11.8. The third kappa shape index (κ3) is 7.31. The molecule has 0 fully saturated rings. The Bertz CT molecular complexity index is 1020. The lowest BCUT2D eigenvalue weighted by Crippen LogP contribution is -2.36. The highest BCUT2D eigenvalue weighted by Gasteiger charge is 2.12. The molecule has 0 bridgehead atoms. The fourth-order valence-electron chi connectivity index (χ4n) is 2.66. The van der Waals surface area contributed by atoms with Crippen molar-refractivity contribution in [1.82, 2.24) is 20.8 Å². The average molecular weight is 564 g/mol.